The Balaban J connectivity index is 1.07. The van der Waals surface area contributed by atoms with Crippen LogP contribution in [0, 0.1) is 0 Å². The summed E-state index contributed by atoms with van der Waals surface area (Å²) in [6.07, 6.45) is 0. The summed E-state index contributed by atoms with van der Waals surface area (Å²) < 4.78 is 0. The molecule has 1 aliphatic rings. The standard InChI is InChI=1S/C64H45N/c1-64(50-24-12-5-13-25-50)60-29-17-16-27-56(60)58-42-53(39-41-61(58)64)65(51-36-34-47(35-37-51)46-32-30-45(31-33-46)44-18-6-2-7-19-44)52-38-40-55-54-26-14-15-28-57(54)62(48-20-8-3-9-21-48)63(59(55)43-52)49-22-10-4-11-23-49/h2-43H,1H3. The first-order chi connectivity index (χ1) is 32.1. The summed E-state index contributed by atoms with van der Waals surface area (Å²) in [4.78, 5) is 2.45. The van der Waals surface area contributed by atoms with Gasteiger partial charge in [0.2, 0.25) is 0 Å². The van der Waals surface area contributed by atoms with E-state index in [4.69, 9.17) is 0 Å². The minimum Gasteiger partial charge on any atom is -0.310 e. The minimum absolute atomic E-state index is 0.281. The highest BCUT2D eigenvalue weighted by atomic mass is 15.1. The Kier molecular flexibility index (Phi) is 9.35. The van der Waals surface area contributed by atoms with Crippen LogP contribution >= 0.6 is 0 Å². The monoisotopic (exact) mass is 827 g/mol. The number of nitrogens with zero attached hydrogens (tertiary/aromatic N) is 1. The van der Waals surface area contributed by atoms with Crippen LogP contribution in [0.25, 0.3) is 77.2 Å². The van der Waals surface area contributed by atoms with Crippen molar-refractivity contribution in [3.05, 3.63) is 271 Å². The van der Waals surface area contributed by atoms with Gasteiger partial charge in [-0.25, -0.2) is 0 Å². The fraction of sp³-hybridized carbons (Fsp3) is 0.0312. The molecule has 1 unspecified atom stereocenters. The smallest absolute Gasteiger partial charge is 0.0468 e. The van der Waals surface area contributed by atoms with Gasteiger partial charge in [-0.05, 0) is 137 Å². The summed E-state index contributed by atoms with van der Waals surface area (Å²) >= 11 is 0. The second kappa shape index (κ2) is 15.8. The Hall–Kier alpha value is -8.26. The number of anilines is 3. The lowest BCUT2D eigenvalue weighted by molar-refractivity contribution is 0.714. The minimum atomic E-state index is -0.281. The van der Waals surface area contributed by atoms with Crippen LogP contribution in [0.2, 0.25) is 0 Å². The van der Waals surface area contributed by atoms with Crippen molar-refractivity contribution in [2.24, 2.45) is 0 Å². The molecule has 0 heterocycles. The van der Waals surface area contributed by atoms with Gasteiger partial charge in [-0.3, -0.25) is 0 Å². The summed E-state index contributed by atoms with van der Waals surface area (Å²) in [5.41, 5.74) is 19.2. The Bertz CT molecular complexity index is 3500. The Morgan fingerprint density at radius 2 is 0.692 bits per heavy atom. The second-order valence-electron chi connectivity index (χ2n) is 17.3. The lowest BCUT2D eigenvalue weighted by Crippen LogP contribution is -2.22. The largest absolute Gasteiger partial charge is 0.310 e. The van der Waals surface area contributed by atoms with Crippen LogP contribution < -0.4 is 4.90 Å². The van der Waals surface area contributed by atoms with Gasteiger partial charge in [-0.2, -0.15) is 0 Å². The topological polar surface area (TPSA) is 3.24 Å². The van der Waals surface area contributed by atoms with Gasteiger partial charge in [0.25, 0.3) is 0 Å². The van der Waals surface area contributed by atoms with Crippen molar-refractivity contribution >= 4 is 38.6 Å². The molecular weight excluding hydrogens is 783 g/mol. The summed E-state index contributed by atoms with van der Waals surface area (Å²) in [5, 5.41) is 4.95. The maximum Gasteiger partial charge on any atom is 0.0468 e. The van der Waals surface area contributed by atoms with E-state index in [0.717, 1.165) is 17.1 Å². The van der Waals surface area contributed by atoms with Crippen LogP contribution in [0.5, 0.6) is 0 Å². The molecule has 1 heteroatoms. The highest BCUT2D eigenvalue weighted by molar-refractivity contribution is 6.22. The van der Waals surface area contributed by atoms with Crippen LogP contribution in [-0.4, -0.2) is 0 Å². The Morgan fingerprint density at radius 1 is 0.277 bits per heavy atom. The van der Waals surface area contributed by atoms with Crippen molar-refractivity contribution in [3.8, 4) is 55.6 Å². The third-order valence-electron chi connectivity index (χ3n) is 13.8. The van der Waals surface area contributed by atoms with E-state index in [2.05, 4.69) is 267 Å². The van der Waals surface area contributed by atoms with E-state index < -0.39 is 0 Å². The van der Waals surface area contributed by atoms with Crippen LogP contribution in [0.15, 0.2) is 255 Å². The fourth-order valence-corrected chi connectivity index (χ4v) is 10.6. The third kappa shape index (κ3) is 6.47. The van der Waals surface area contributed by atoms with Crippen LogP contribution in [0.1, 0.15) is 23.6 Å². The van der Waals surface area contributed by atoms with Gasteiger partial charge in [0.1, 0.15) is 0 Å². The van der Waals surface area contributed by atoms with Gasteiger partial charge in [0.15, 0.2) is 0 Å². The molecule has 1 atom stereocenters. The molecule has 0 fully saturated rings. The molecule has 306 valence electrons. The van der Waals surface area contributed by atoms with Crippen molar-refractivity contribution in [1.82, 2.24) is 0 Å². The molecule has 12 rings (SSSR count). The Labute approximate surface area is 381 Å². The highest BCUT2D eigenvalue weighted by Crippen LogP contribution is 2.54. The zero-order chi connectivity index (χ0) is 43.3. The van der Waals surface area contributed by atoms with Crippen molar-refractivity contribution in [1.29, 1.82) is 0 Å². The SMILES string of the molecule is CC1(c2ccccc2)c2ccccc2-c2cc(N(c3ccc(-c4ccc(-c5ccccc5)cc4)cc3)c3ccc4c(c3)c(-c3ccccc3)c(-c3ccccc3)c3ccccc34)ccc21. The summed E-state index contributed by atoms with van der Waals surface area (Å²) in [7, 11) is 0. The third-order valence-corrected chi connectivity index (χ3v) is 13.8. The summed E-state index contributed by atoms with van der Waals surface area (Å²) in [5.74, 6) is 0. The molecule has 11 aromatic rings. The van der Waals surface area contributed by atoms with E-state index in [-0.39, 0.29) is 5.41 Å². The number of benzene rings is 11. The molecule has 0 amide bonds. The molecule has 11 aromatic carbocycles. The molecule has 65 heavy (non-hydrogen) atoms. The second-order valence-corrected chi connectivity index (χ2v) is 17.3. The van der Waals surface area contributed by atoms with E-state index in [9.17, 15) is 0 Å². The molecule has 0 saturated carbocycles. The molecule has 0 spiro atoms. The summed E-state index contributed by atoms with van der Waals surface area (Å²) in [6.45, 7) is 2.39. The molecular formula is C64H45N. The lowest BCUT2D eigenvalue weighted by Gasteiger charge is -2.30. The average Bonchev–Trinajstić information content (AvgIpc) is 3.65. The molecule has 0 aromatic heterocycles. The first-order valence-corrected chi connectivity index (χ1v) is 22.6. The zero-order valence-electron chi connectivity index (χ0n) is 36.2. The zero-order valence-corrected chi connectivity index (χ0v) is 36.2. The van der Waals surface area contributed by atoms with E-state index in [1.54, 1.807) is 0 Å². The predicted octanol–water partition coefficient (Wildman–Crippen LogP) is 17.5. The maximum atomic E-state index is 2.45. The molecule has 1 aliphatic carbocycles. The van der Waals surface area contributed by atoms with Gasteiger partial charge in [-0.1, -0.05) is 218 Å². The van der Waals surface area contributed by atoms with Gasteiger partial charge in [-0.15, -0.1) is 0 Å². The first-order valence-electron chi connectivity index (χ1n) is 22.6. The highest BCUT2D eigenvalue weighted by Gasteiger charge is 2.41. The molecule has 0 saturated heterocycles. The molecule has 0 radical (unpaired) electrons. The quantitative estimate of drug-likeness (QED) is 0.138. The average molecular weight is 828 g/mol. The molecule has 0 aliphatic heterocycles. The lowest BCUT2D eigenvalue weighted by atomic mass is 9.74. The van der Waals surface area contributed by atoms with Crippen molar-refractivity contribution in [3.63, 3.8) is 0 Å². The van der Waals surface area contributed by atoms with Crippen molar-refractivity contribution < 1.29 is 0 Å². The normalized spacial score (nSPS) is 14.0. The predicted molar refractivity (Wildman–Crippen MR) is 275 cm³/mol. The Morgan fingerprint density at radius 3 is 1.32 bits per heavy atom. The van der Waals surface area contributed by atoms with E-state index >= 15 is 0 Å². The molecule has 1 nitrogen and oxygen atoms in total. The van der Waals surface area contributed by atoms with Gasteiger partial charge < -0.3 is 4.90 Å². The van der Waals surface area contributed by atoms with E-state index in [1.807, 2.05) is 0 Å². The van der Waals surface area contributed by atoms with E-state index in [0.29, 0.717) is 0 Å². The number of hydrogen-bond donors (Lipinski definition) is 0. The number of rotatable bonds is 8. The van der Waals surface area contributed by atoms with Crippen LogP contribution in [0.4, 0.5) is 17.1 Å². The van der Waals surface area contributed by atoms with Crippen molar-refractivity contribution in [2.45, 2.75) is 12.3 Å². The van der Waals surface area contributed by atoms with Crippen LogP contribution in [-0.2, 0) is 5.41 Å². The maximum absolute atomic E-state index is 2.45. The van der Waals surface area contributed by atoms with Crippen LogP contribution in [0.3, 0.4) is 0 Å². The summed E-state index contributed by atoms with van der Waals surface area (Å²) in [6, 6.07) is 93.5. The van der Waals surface area contributed by atoms with Crippen molar-refractivity contribution in [2.75, 3.05) is 4.90 Å². The van der Waals surface area contributed by atoms with Gasteiger partial charge >= 0.3 is 0 Å². The molecule has 0 bridgehead atoms. The number of fused-ring (bicyclic) bond motifs is 6. The molecule has 0 N–H and O–H groups in total. The van der Waals surface area contributed by atoms with Gasteiger partial charge in [0.05, 0.1) is 0 Å². The number of hydrogen-bond acceptors (Lipinski definition) is 1. The van der Waals surface area contributed by atoms with E-state index in [1.165, 1.54) is 93.9 Å². The first kappa shape index (κ1) is 38.4. The van der Waals surface area contributed by atoms with Gasteiger partial charge in [0, 0.05) is 22.5 Å². The fourth-order valence-electron chi connectivity index (χ4n) is 10.6.